The molecule has 6 nitrogen and oxygen atoms in total. The highest BCUT2D eigenvalue weighted by Crippen LogP contribution is 2.11. The van der Waals surface area contributed by atoms with Gasteiger partial charge in [-0.25, -0.2) is 0 Å². The fourth-order valence-corrected chi connectivity index (χ4v) is 2.77. The second-order valence-electron chi connectivity index (χ2n) is 7.04. The maximum atomic E-state index is 12.5. The average Bonchev–Trinajstić information content (AvgIpc) is 2.57. The number of carbonyl (C=O) groups is 3. The average molecular weight is 362 g/mol. The molecule has 0 aromatic heterocycles. The van der Waals surface area contributed by atoms with Crippen LogP contribution in [0.2, 0.25) is 0 Å². The number of rotatable bonds is 10. The van der Waals surface area contributed by atoms with Crippen LogP contribution in [0.5, 0.6) is 0 Å². The van der Waals surface area contributed by atoms with Crippen molar-refractivity contribution in [2.75, 3.05) is 6.54 Å². The molecule has 2 amide bonds. The smallest absolute Gasteiger partial charge is 0.308 e. The van der Waals surface area contributed by atoms with Crippen LogP contribution in [-0.2, 0) is 9.59 Å². The molecule has 0 fully saturated rings. The van der Waals surface area contributed by atoms with E-state index in [9.17, 15) is 19.5 Å². The SMILES string of the molecule is CCCC(CNC(=O)C(CC(C)C)NC(=O)c1ccccc1C)C(=O)O. The summed E-state index contributed by atoms with van der Waals surface area (Å²) in [4.78, 5) is 36.3. The van der Waals surface area contributed by atoms with Crippen LogP contribution in [0.15, 0.2) is 24.3 Å². The van der Waals surface area contributed by atoms with Gasteiger partial charge in [0, 0.05) is 12.1 Å². The van der Waals surface area contributed by atoms with E-state index in [-0.39, 0.29) is 24.3 Å². The molecular weight excluding hydrogens is 332 g/mol. The number of nitrogens with one attached hydrogen (secondary N) is 2. The Kier molecular flexibility index (Phi) is 8.82. The molecule has 2 atom stereocenters. The molecule has 6 heteroatoms. The minimum atomic E-state index is -0.920. The molecule has 1 rings (SSSR count). The standard InChI is InChI=1S/C20H30N2O4/c1-5-8-15(20(25)26)12-21-19(24)17(11-13(2)3)22-18(23)16-10-7-6-9-14(16)4/h6-7,9-10,13,15,17H,5,8,11-12H2,1-4H3,(H,21,24)(H,22,23)(H,25,26). The Morgan fingerprint density at radius 3 is 2.35 bits per heavy atom. The molecular formula is C20H30N2O4. The fourth-order valence-electron chi connectivity index (χ4n) is 2.77. The van der Waals surface area contributed by atoms with Crippen LogP contribution < -0.4 is 10.6 Å². The highest BCUT2D eigenvalue weighted by atomic mass is 16.4. The lowest BCUT2D eigenvalue weighted by Crippen LogP contribution is -2.49. The van der Waals surface area contributed by atoms with E-state index in [0.717, 1.165) is 12.0 Å². The Bertz CT molecular complexity index is 628. The zero-order valence-corrected chi connectivity index (χ0v) is 16.0. The first-order valence-electron chi connectivity index (χ1n) is 9.13. The summed E-state index contributed by atoms with van der Waals surface area (Å²) in [7, 11) is 0. The van der Waals surface area contributed by atoms with Crippen LogP contribution in [0.3, 0.4) is 0 Å². The number of aryl methyl sites for hydroxylation is 1. The van der Waals surface area contributed by atoms with Crippen LogP contribution in [0, 0.1) is 18.8 Å². The summed E-state index contributed by atoms with van der Waals surface area (Å²) < 4.78 is 0. The van der Waals surface area contributed by atoms with Gasteiger partial charge < -0.3 is 15.7 Å². The number of benzene rings is 1. The first-order valence-corrected chi connectivity index (χ1v) is 9.13. The monoisotopic (exact) mass is 362 g/mol. The maximum absolute atomic E-state index is 12.5. The first-order chi connectivity index (χ1) is 12.3. The van der Waals surface area contributed by atoms with E-state index in [0.29, 0.717) is 18.4 Å². The van der Waals surface area contributed by atoms with Gasteiger partial charge in [0.2, 0.25) is 5.91 Å². The minimum Gasteiger partial charge on any atom is -0.481 e. The zero-order chi connectivity index (χ0) is 19.7. The van der Waals surface area contributed by atoms with Gasteiger partial charge in [-0.3, -0.25) is 14.4 Å². The number of carbonyl (C=O) groups excluding carboxylic acids is 2. The van der Waals surface area contributed by atoms with Crippen LogP contribution in [0.25, 0.3) is 0 Å². The van der Waals surface area contributed by atoms with Gasteiger partial charge >= 0.3 is 5.97 Å². The van der Waals surface area contributed by atoms with E-state index in [1.165, 1.54) is 0 Å². The zero-order valence-electron chi connectivity index (χ0n) is 16.0. The highest BCUT2D eigenvalue weighted by molar-refractivity contribution is 5.98. The van der Waals surface area contributed by atoms with E-state index in [2.05, 4.69) is 10.6 Å². The van der Waals surface area contributed by atoms with Crippen molar-refractivity contribution in [2.24, 2.45) is 11.8 Å². The third kappa shape index (κ3) is 6.86. The molecule has 0 radical (unpaired) electrons. The van der Waals surface area contributed by atoms with Crippen molar-refractivity contribution in [2.45, 2.75) is 53.0 Å². The predicted octanol–water partition coefficient (Wildman–Crippen LogP) is 2.76. The molecule has 0 saturated carbocycles. The Balaban J connectivity index is 2.79. The summed E-state index contributed by atoms with van der Waals surface area (Å²) in [5.41, 5.74) is 1.37. The second kappa shape index (κ2) is 10.6. The maximum Gasteiger partial charge on any atom is 0.308 e. The fraction of sp³-hybridized carbons (Fsp3) is 0.550. The van der Waals surface area contributed by atoms with Crippen molar-refractivity contribution < 1.29 is 19.5 Å². The Morgan fingerprint density at radius 1 is 1.15 bits per heavy atom. The third-order valence-corrected chi connectivity index (χ3v) is 4.23. The number of hydrogen-bond acceptors (Lipinski definition) is 3. The van der Waals surface area contributed by atoms with Crippen LogP contribution in [0.4, 0.5) is 0 Å². The van der Waals surface area contributed by atoms with E-state index in [4.69, 9.17) is 0 Å². The normalized spacial score (nSPS) is 13.1. The van der Waals surface area contributed by atoms with Crippen LogP contribution in [0.1, 0.15) is 56.0 Å². The molecule has 0 aliphatic carbocycles. The third-order valence-electron chi connectivity index (χ3n) is 4.23. The Morgan fingerprint density at radius 2 is 1.81 bits per heavy atom. The van der Waals surface area contributed by atoms with Crippen LogP contribution >= 0.6 is 0 Å². The first kappa shape index (κ1) is 21.7. The largest absolute Gasteiger partial charge is 0.481 e. The number of hydrogen-bond donors (Lipinski definition) is 3. The summed E-state index contributed by atoms with van der Waals surface area (Å²) in [6.07, 6.45) is 1.71. The summed E-state index contributed by atoms with van der Waals surface area (Å²) in [6, 6.07) is 6.50. The summed E-state index contributed by atoms with van der Waals surface area (Å²) >= 11 is 0. The second-order valence-corrected chi connectivity index (χ2v) is 7.04. The van der Waals surface area contributed by atoms with Gasteiger partial charge in [-0.1, -0.05) is 45.4 Å². The van der Waals surface area contributed by atoms with Crippen molar-refractivity contribution in [3.63, 3.8) is 0 Å². The molecule has 2 unspecified atom stereocenters. The molecule has 0 bridgehead atoms. The number of carboxylic acid groups (broad SMARTS) is 1. The van der Waals surface area contributed by atoms with Gasteiger partial charge in [0.15, 0.2) is 0 Å². The molecule has 144 valence electrons. The van der Waals surface area contributed by atoms with Crippen molar-refractivity contribution in [3.8, 4) is 0 Å². The molecule has 0 spiro atoms. The molecule has 26 heavy (non-hydrogen) atoms. The topological polar surface area (TPSA) is 95.5 Å². The lowest BCUT2D eigenvalue weighted by Gasteiger charge is -2.22. The van der Waals surface area contributed by atoms with Gasteiger partial charge in [-0.2, -0.15) is 0 Å². The van der Waals surface area contributed by atoms with Gasteiger partial charge in [0.05, 0.1) is 5.92 Å². The molecule has 0 saturated heterocycles. The van der Waals surface area contributed by atoms with Crippen molar-refractivity contribution >= 4 is 17.8 Å². The summed E-state index contributed by atoms with van der Waals surface area (Å²) in [5, 5.41) is 14.7. The van der Waals surface area contributed by atoms with E-state index in [1.54, 1.807) is 12.1 Å². The molecule has 0 aliphatic rings. The minimum absolute atomic E-state index is 0.0663. The van der Waals surface area contributed by atoms with Gasteiger partial charge in [0.1, 0.15) is 6.04 Å². The van der Waals surface area contributed by atoms with Crippen molar-refractivity contribution in [1.29, 1.82) is 0 Å². The molecule has 0 heterocycles. The lowest BCUT2D eigenvalue weighted by molar-refractivity contribution is -0.142. The highest BCUT2D eigenvalue weighted by Gasteiger charge is 2.25. The quantitative estimate of drug-likeness (QED) is 0.596. The van der Waals surface area contributed by atoms with Gasteiger partial charge in [-0.05, 0) is 37.3 Å². The van der Waals surface area contributed by atoms with E-state index in [1.807, 2.05) is 39.8 Å². The number of aliphatic carboxylic acids is 1. The molecule has 1 aromatic carbocycles. The number of amides is 2. The Labute approximate surface area is 155 Å². The summed E-state index contributed by atoms with van der Waals surface area (Å²) in [5.74, 6) is -1.98. The number of carboxylic acids is 1. The van der Waals surface area contributed by atoms with E-state index >= 15 is 0 Å². The predicted molar refractivity (Wildman–Crippen MR) is 101 cm³/mol. The molecule has 1 aromatic rings. The molecule has 3 N–H and O–H groups in total. The lowest BCUT2D eigenvalue weighted by atomic mass is 10.0. The van der Waals surface area contributed by atoms with Crippen molar-refractivity contribution in [3.05, 3.63) is 35.4 Å². The van der Waals surface area contributed by atoms with E-state index < -0.39 is 17.9 Å². The van der Waals surface area contributed by atoms with Crippen molar-refractivity contribution in [1.82, 2.24) is 10.6 Å². The molecule has 0 aliphatic heterocycles. The Hall–Kier alpha value is -2.37. The summed E-state index contributed by atoms with van der Waals surface area (Å²) in [6.45, 7) is 7.75. The van der Waals surface area contributed by atoms with Gasteiger partial charge in [0.25, 0.3) is 5.91 Å². The van der Waals surface area contributed by atoms with Crippen LogP contribution in [-0.4, -0.2) is 35.5 Å². The van der Waals surface area contributed by atoms with Gasteiger partial charge in [-0.15, -0.1) is 0 Å².